The molecule has 4 heteroatoms. The van der Waals surface area contributed by atoms with Crippen LogP contribution in [0.2, 0.25) is 0 Å². The smallest absolute Gasteiger partial charge is 0.188 e. The maximum Gasteiger partial charge on any atom is 0.188 e. The van der Waals surface area contributed by atoms with Crippen molar-refractivity contribution in [2.75, 3.05) is 0 Å². The molecule has 0 unspecified atom stereocenters. The summed E-state index contributed by atoms with van der Waals surface area (Å²) in [4.78, 5) is 19.1. The zero-order chi connectivity index (χ0) is 35.2. The van der Waals surface area contributed by atoms with Gasteiger partial charge in [-0.1, -0.05) is 140 Å². The lowest BCUT2D eigenvalue weighted by Crippen LogP contribution is -2.42. The van der Waals surface area contributed by atoms with Gasteiger partial charge in [0.15, 0.2) is 23.2 Å². The summed E-state index contributed by atoms with van der Waals surface area (Å²) in [6.07, 6.45) is 0. The van der Waals surface area contributed by atoms with Crippen molar-refractivity contribution in [1.82, 2.24) is 15.0 Å². The van der Waals surface area contributed by atoms with Crippen molar-refractivity contribution in [2.24, 2.45) is 5.41 Å². The number of hydrogen-bond donors (Lipinski definition) is 0. The summed E-state index contributed by atoms with van der Waals surface area (Å²) in [5.74, 6) is 1.77. The fraction of sp³-hybridized carbons (Fsp3) is 0.261. The third kappa shape index (κ3) is 4.53. The topological polar surface area (TPSA) is 43.0 Å². The van der Waals surface area contributed by atoms with E-state index >= 15 is 0 Å². The van der Waals surface area contributed by atoms with Crippen LogP contribution in [0.3, 0.4) is 0 Å². The second-order valence-corrected chi connectivity index (χ2v) is 16.1. The minimum atomic E-state index is -0.145. The van der Waals surface area contributed by atoms with Crippen LogP contribution >= 0.6 is 0 Å². The highest BCUT2D eigenvalue weighted by Gasteiger charge is 2.56. The number of aromatic nitrogens is 3. The van der Waals surface area contributed by atoms with Crippen LogP contribution < -0.4 is 0 Å². The molecule has 0 saturated heterocycles. The van der Waals surface area contributed by atoms with Crippen molar-refractivity contribution >= 4 is 5.69 Å². The van der Waals surface area contributed by atoms with Gasteiger partial charge in [0, 0.05) is 22.1 Å². The van der Waals surface area contributed by atoms with Gasteiger partial charge in [-0.3, -0.25) is 0 Å². The molecule has 8 rings (SSSR count). The molecule has 4 nitrogen and oxygen atoms in total. The van der Waals surface area contributed by atoms with E-state index in [4.69, 9.17) is 21.5 Å². The van der Waals surface area contributed by atoms with Crippen molar-refractivity contribution < 1.29 is 0 Å². The summed E-state index contributed by atoms with van der Waals surface area (Å²) < 4.78 is 0. The third-order valence-corrected chi connectivity index (χ3v) is 12.6. The predicted molar refractivity (Wildman–Crippen MR) is 205 cm³/mol. The van der Waals surface area contributed by atoms with Crippen LogP contribution in [0.1, 0.15) is 77.6 Å². The molecule has 5 aromatic carbocycles. The molecule has 0 fully saturated rings. The normalized spacial score (nSPS) is 17.0. The molecule has 0 aliphatic heterocycles. The number of nitrogens with zero attached hydrogens (tertiary/aromatic N) is 4. The average molecular weight is 651 g/mol. The first-order valence-corrected chi connectivity index (χ1v) is 17.5. The summed E-state index contributed by atoms with van der Waals surface area (Å²) in [6.45, 7) is 26.8. The summed E-state index contributed by atoms with van der Waals surface area (Å²) >= 11 is 0. The number of rotatable bonds is 4. The molecule has 246 valence electrons. The van der Waals surface area contributed by atoms with Crippen LogP contribution in [0.4, 0.5) is 5.69 Å². The van der Waals surface area contributed by atoms with Gasteiger partial charge >= 0.3 is 0 Å². The molecular formula is C46H42N4. The molecule has 0 bridgehead atoms. The largest absolute Gasteiger partial charge is 0.238 e. The van der Waals surface area contributed by atoms with E-state index in [1.165, 1.54) is 33.4 Å². The molecule has 0 atom stereocenters. The highest BCUT2D eigenvalue weighted by Crippen LogP contribution is 2.62. The zero-order valence-corrected chi connectivity index (χ0v) is 30.2. The molecule has 1 aromatic heterocycles. The van der Waals surface area contributed by atoms with Gasteiger partial charge in [-0.05, 0) is 85.0 Å². The zero-order valence-electron chi connectivity index (χ0n) is 30.2. The molecule has 1 heterocycles. The predicted octanol–water partition coefficient (Wildman–Crippen LogP) is 12.0. The Morgan fingerprint density at radius 3 is 1.72 bits per heavy atom. The Kier molecular flexibility index (Phi) is 6.88. The van der Waals surface area contributed by atoms with Gasteiger partial charge in [-0.25, -0.2) is 19.8 Å². The summed E-state index contributed by atoms with van der Waals surface area (Å²) in [7, 11) is 0. The minimum Gasteiger partial charge on any atom is -0.238 e. The monoisotopic (exact) mass is 650 g/mol. The first kappa shape index (κ1) is 31.8. The molecule has 0 radical (unpaired) electrons. The van der Waals surface area contributed by atoms with E-state index in [2.05, 4.69) is 127 Å². The maximum atomic E-state index is 8.04. The van der Waals surface area contributed by atoms with Crippen LogP contribution in [0.5, 0.6) is 0 Å². The number of benzene rings is 5. The fourth-order valence-electron chi connectivity index (χ4n) is 8.41. The number of hydrogen-bond acceptors (Lipinski definition) is 3. The molecular weight excluding hydrogens is 609 g/mol. The van der Waals surface area contributed by atoms with Gasteiger partial charge in [-0.2, -0.15) is 0 Å². The lowest BCUT2D eigenvalue weighted by Gasteiger charge is -2.44. The van der Waals surface area contributed by atoms with Gasteiger partial charge < -0.3 is 0 Å². The average Bonchev–Trinajstić information content (AvgIpc) is 3.42. The Labute approximate surface area is 296 Å². The SMILES string of the molecule is [C-]#[N+]c1cc(-c2ccc3c(c2)C(C)(C)C(C)(C)C3(C)C)cc(-c2nc(-c3ccccc3)nc(-c3ccc4c(c3)C(C)(C)c3ccccc3-4)n2)c1. The van der Waals surface area contributed by atoms with Crippen LogP contribution in [0.15, 0.2) is 109 Å². The highest BCUT2D eigenvalue weighted by molar-refractivity contribution is 5.83. The standard InChI is InChI=1S/C46H42N4/c1-43(2)36-18-14-13-17-34(36)35-21-19-30(27-38(35)43)41-48-40(28-15-11-10-12-16-28)49-42(50-41)32-23-31(24-33(25-32)47-9)29-20-22-37-39(26-29)45(5,6)46(7,8)44(37,3)4/h10-27H,1-8H3. The van der Waals surface area contributed by atoms with Crippen molar-refractivity contribution in [3.05, 3.63) is 143 Å². The maximum absolute atomic E-state index is 8.04. The van der Waals surface area contributed by atoms with E-state index in [1.807, 2.05) is 42.5 Å². The van der Waals surface area contributed by atoms with E-state index in [-0.39, 0.29) is 21.7 Å². The Morgan fingerprint density at radius 2 is 1.00 bits per heavy atom. The summed E-state index contributed by atoms with van der Waals surface area (Å²) in [5, 5.41) is 0. The third-order valence-electron chi connectivity index (χ3n) is 12.6. The van der Waals surface area contributed by atoms with Crippen LogP contribution in [-0.2, 0) is 16.2 Å². The van der Waals surface area contributed by atoms with E-state index in [9.17, 15) is 0 Å². The van der Waals surface area contributed by atoms with Gasteiger partial charge in [0.05, 0.1) is 6.57 Å². The Bertz CT molecular complexity index is 2390. The van der Waals surface area contributed by atoms with Crippen molar-refractivity contribution in [2.45, 2.75) is 71.6 Å². The summed E-state index contributed by atoms with van der Waals surface area (Å²) in [6, 6.07) is 38.2. The lowest BCUT2D eigenvalue weighted by atomic mass is 9.59. The van der Waals surface area contributed by atoms with E-state index in [1.54, 1.807) is 0 Å². The van der Waals surface area contributed by atoms with E-state index in [0.717, 1.165) is 27.8 Å². The molecule has 0 saturated carbocycles. The summed E-state index contributed by atoms with van der Waals surface area (Å²) in [5.41, 5.74) is 13.1. The van der Waals surface area contributed by atoms with Gasteiger partial charge in [0.2, 0.25) is 0 Å². The lowest BCUT2D eigenvalue weighted by molar-refractivity contribution is 0.125. The van der Waals surface area contributed by atoms with Gasteiger partial charge in [0.1, 0.15) is 0 Å². The van der Waals surface area contributed by atoms with Crippen LogP contribution in [-0.4, -0.2) is 15.0 Å². The van der Waals surface area contributed by atoms with Crippen molar-refractivity contribution in [3.63, 3.8) is 0 Å². The Morgan fingerprint density at radius 1 is 0.440 bits per heavy atom. The molecule has 6 aromatic rings. The molecule has 0 spiro atoms. The molecule has 0 N–H and O–H groups in total. The van der Waals surface area contributed by atoms with Gasteiger partial charge in [-0.15, -0.1) is 0 Å². The molecule has 50 heavy (non-hydrogen) atoms. The van der Waals surface area contributed by atoms with E-state index in [0.29, 0.717) is 23.2 Å². The Hall–Kier alpha value is -5.40. The van der Waals surface area contributed by atoms with E-state index < -0.39 is 0 Å². The number of fused-ring (bicyclic) bond motifs is 4. The molecule has 0 amide bonds. The first-order valence-electron chi connectivity index (χ1n) is 17.5. The fourth-order valence-corrected chi connectivity index (χ4v) is 8.41. The van der Waals surface area contributed by atoms with Crippen molar-refractivity contribution in [3.8, 4) is 56.4 Å². The van der Waals surface area contributed by atoms with Crippen LogP contribution in [0.25, 0.3) is 61.3 Å². The second kappa shape index (κ2) is 10.8. The second-order valence-electron chi connectivity index (χ2n) is 16.1. The molecule has 2 aliphatic carbocycles. The van der Waals surface area contributed by atoms with Crippen LogP contribution in [0, 0.1) is 12.0 Å². The Balaban J connectivity index is 1.29. The first-order chi connectivity index (χ1) is 23.7. The highest BCUT2D eigenvalue weighted by atomic mass is 15.0. The quantitative estimate of drug-likeness (QED) is 0.178. The molecule has 2 aliphatic rings. The van der Waals surface area contributed by atoms with Gasteiger partial charge in [0.25, 0.3) is 0 Å². The van der Waals surface area contributed by atoms with Crippen molar-refractivity contribution in [1.29, 1.82) is 0 Å². The minimum absolute atomic E-state index is 0.0262.